The third kappa shape index (κ3) is 7.11. The fraction of sp³-hybridized carbons (Fsp3) is 0.562. The Hall–Kier alpha value is -1.59. The summed E-state index contributed by atoms with van der Waals surface area (Å²) < 4.78 is 5.13. The molecule has 21 heavy (non-hydrogen) atoms. The molecule has 0 bridgehead atoms. The molecule has 1 aromatic carbocycles. The summed E-state index contributed by atoms with van der Waals surface area (Å²) in [5.41, 5.74) is 0.869. The molecule has 1 amide bonds. The van der Waals surface area contributed by atoms with E-state index in [0.717, 1.165) is 24.5 Å². The van der Waals surface area contributed by atoms with Crippen molar-refractivity contribution < 1.29 is 9.53 Å². The van der Waals surface area contributed by atoms with Gasteiger partial charge in [0.15, 0.2) is 0 Å². The monoisotopic (exact) mass is 293 g/mol. The average Bonchev–Trinajstić information content (AvgIpc) is 2.37. The number of benzene rings is 1. The number of nitrogens with zero attached hydrogens (tertiary/aromatic N) is 1. The maximum absolute atomic E-state index is 11.9. The van der Waals surface area contributed by atoms with E-state index in [0.29, 0.717) is 6.54 Å². The van der Waals surface area contributed by atoms with E-state index in [4.69, 9.17) is 4.74 Å². The predicted octanol–water partition coefficient (Wildman–Crippen LogP) is 1.81. The minimum Gasteiger partial charge on any atom is -0.497 e. The van der Waals surface area contributed by atoms with Gasteiger partial charge in [0.2, 0.25) is 5.91 Å². The molecule has 5 heteroatoms. The first-order valence-electron chi connectivity index (χ1n) is 7.12. The van der Waals surface area contributed by atoms with E-state index in [1.165, 1.54) is 0 Å². The quantitative estimate of drug-likeness (QED) is 0.767. The summed E-state index contributed by atoms with van der Waals surface area (Å²) in [6, 6.07) is 7.34. The molecule has 0 unspecified atom stereocenters. The Morgan fingerprint density at radius 3 is 2.67 bits per heavy atom. The summed E-state index contributed by atoms with van der Waals surface area (Å²) in [4.78, 5) is 14.0. The van der Waals surface area contributed by atoms with Crippen molar-refractivity contribution in [3.63, 3.8) is 0 Å². The van der Waals surface area contributed by atoms with E-state index in [9.17, 15) is 4.79 Å². The lowest BCUT2D eigenvalue weighted by Crippen LogP contribution is -2.40. The van der Waals surface area contributed by atoms with E-state index in [2.05, 4.69) is 43.5 Å². The van der Waals surface area contributed by atoms with Gasteiger partial charge in [-0.15, -0.1) is 0 Å². The molecule has 0 fully saturated rings. The summed E-state index contributed by atoms with van der Waals surface area (Å²) in [6.07, 6.45) is 0. The minimum atomic E-state index is -0.0519. The summed E-state index contributed by atoms with van der Waals surface area (Å²) in [5, 5.41) is 6.06. The van der Waals surface area contributed by atoms with Crippen LogP contribution in [0.1, 0.15) is 13.8 Å². The molecular weight excluding hydrogens is 266 g/mol. The fourth-order valence-electron chi connectivity index (χ4n) is 2.33. The second-order valence-corrected chi connectivity index (χ2v) is 6.29. The summed E-state index contributed by atoms with van der Waals surface area (Å²) in [7, 11) is 5.71. The van der Waals surface area contributed by atoms with E-state index in [1.54, 1.807) is 13.2 Å². The van der Waals surface area contributed by atoms with Crippen molar-refractivity contribution in [2.45, 2.75) is 13.8 Å². The molecule has 1 aromatic rings. The molecule has 0 aliphatic carbocycles. The Labute approximate surface area is 127 Å². The molecule has 0 aromatic heterocycles. The second kappa shape index (κ2) is 8.00. The molecule has 0 atom stereocenters. The van der Waals surface area contributed by atoms with Crippen LogP contribution < -0.4 is 15.4 Å². The SMILES string of the molecule is COc1cccc(NC(=O)CNCC(C)(C)CN(C)C)c1. The van der Waals surface area contributed by atoms with Crippen molar-refractivity contribution in [1.29, 1.82) is 0 Å². The average molecular weight is 293 g/mol. The number of rotatable bonds is 8. The lowest BCUT2D eigenvalue weighted by Gasteiger charge is -2.28. The van der Waals surface area contributed by atoms with Crippen LogP contribution in [-0.4, -0.2) is 51.6 Å². The van der Waals surface area contributed by atoms with Crippen molar-refractivity contribution in [3.05, 3.63) is 24.3 Å². The first-order chi connectivity index (χ1) is 9.82. The molecule has 118 valence electrons. The van der Waals surface area contributed by atoms with Crippen LogP contribution in [0.5, 0.6) is 5.75 Å². The van der Waals surface area contributed by atoms with Crippen LogP contribution >= 0.6 is 0 Å². The number of hydrogen-bond acceptors (Lipinski definition) is 4. The van der Waals surface area contributed by atoms with Crippen molar-refractivity contribution in [2.75, 3.05) is 46.2 Å². The molecule has 0 aliphatic heterocycles. The molecule has 1 rings (SSSR count). The predicted molar refractivity (Wildman–Crippen MR) is 86.8 cm³/mol. The van der Waals surface area contributed by atoms with Crippen molar-refractivity contribution >= 4 is 11.6 Å². The molecular formula is C16H27N3O2. The van der Waals surface area contributed by atoms with E-state index < -0.39 is 0 Å². The zero-order valence-electron chi connectivity index (χ0n) is 13.7. The first-order valence-corrected chi connectivity index (χ1v) is 7.12. The minimum absolute atomic E-state index is 0.0519. The highest BCUT2D eigenvalue weighted by atomic mass is 16.5. The van der Waals surface area contributed by atoms with Crippen molar-refractivity contribution in [2.24, 2.45) is 5.41 Å². The van der Waals surface area contributed by atoms with Gasteiger partial charge in [0.05, 0.1) is 13.7 Å². The number of hydrogen-bond donors (Lipinski definition) is 2. The molecule has 0 saturated heterocycles. The normalized spacial score (nSPS) is 11.5. The van der Waals surface area contributed by atoms with E-state index in [-0.39, 0.29) is 11.3 Å². The number of carbonyl (C=O) groups excluding carboxylic acids is 1. The van der Waals surface area contributed by atoms with Gasteiger partial charge in [-0.05, 0) is 31.6 Å². The maximum Gasteiger partial charge on any atom is 0.238 e. The van der Waals surface area contributed by atoms with Crippen LogP contribution in [0, 0.1) is 5.41 Å². The van der Waals surface area contributed by atoms with Crippen LogP contribution in [0.4, 0.5) is 5.69 Å². The number of amides is 1. The van der Waals surface area contributed by atoms with Crippen LogP contribution in [0.2, 0.25) is 0 Å². The Balaban J connectivity index is 2.37. The number of nitrogens with one attached hydrogen (secondary N) is 2. The largest absolute Gasteiger partial charge is 0.497 e. The number of carbonyl (C=O) groups is 1. The van der Waals surface area contributed by atoms with Crippen LogP contribution in [-0.2, 0) is 4.79 Å². The van der Waals surface area contributed by atoms with Crippen molar-refractivity contribution in [3.8, 4) is 5.75 Å². The highest BCUT2D eigenvalue weighted by molar-refractivity contribution is 5.92. The standard InChI is InChI=1S/C16H27N3O2/c1-16(2,12-19(3)4)11-17-10-15(20)18-13-7-6-8-14(9-13)21-5/h6-9,17H,10-12H2,1-5H3,(H,18,20). The Bertz CT molecular complexity index is 459. The summed E-state index contributed by atoms with van der Waals surface area (Å²) in [5.74, 6) is 0.678. The zero-order valence-corrected chi connectivity index (χ0v) is 13.7. The maximum atomic E-state index is 11.9. The molecule has 0 saturated carbocycles. The fourth-order valence-corrected chi connectivity index (χ4v) is 2.33. The van der Waals surface area contributed by atoms with E-state index in [1.807, 2.05) is 18.2 Å². The van der Waals surface area contributed by atoms with Crippen LogP contribution in [0.15, 0.2) is 24.3 Å². The van der Waals surface area contributed by atoms with Gasteiger partial charge < -0.3 is 20.3 Å². The topological polar surface area (TPSA) is 53.6 Å². The zero-order chi connectivity index (χ0) is 15.9. The molecule has 0 spiro atoms. The third-order valence-electron chi connectivity index (χ3n) is 2.99. The lowest BCUT2D eigenvalue weighted by molar-refractivity contribution is -0.115. The van der Waals surface area contributed by atoms with Gasteiger partial charge >= 0.3 is 0 Å². The van der Waals surface area contributed by atoms with Gasteiger partial charge in [0.1, 0.15) is 5.75 Å². The summed E-state index contributed by atoms with van der Waals surface area (Å²) in [6.45, 7) is 6.42. The second-order valence-electron chi connectivity index (χ2n) is 6.29. The van der Waals surface area contributed by atoms with Crippen molar-refractivity contribution in [1.82, 2.24) is 10.2 Å². The smallest absolute Gasteiger partial charge is 0.238 e. The molecule has 5 nitrogen and oxygen atoms in total. The van der Waals surface area contributed by atoms with Crippen LogP contribution in [0.3, 0.4) is 0 Å². The first kappa shape index (κ1) is 17.5. The van der Waals surface area contributed by atoms with E-state index >= 15 is 0 Å². The Kier molecular flexibility index (Phi) is 6.65. The van der Waals surface area contributed by atoms with Gasteiger partial charge in [0, 0.05) is 24.8 Å². The van der Waals surface area contributed by atoms with Gasteiger partial charge in [-0.1, -0.05) is 19.9 Å². The highest BCUT2D eigenvalue weighted by Gasteiger charge is 2.18. The highest BCUT2D eigenvalue weighted by Crippen LogP contribution is 2.16. The molecule has 2 N–H and O–H groups in total. The Morgan fingerprint density at radius 1 is 1.33 bits per heavy atom. The summed E-state index contributed by atoms with van der Waals surface area (Å²) >= 11 is 0. The number of anilines is 1. The lowest BCUT2D eigenvalue weighted by atomic mass is 9.93. The molecule has 0 aliphatic rings. The Morgan fingerprint density at radius 2 is 2.05 bits per heavy atom. The van der Waals surface area contributed by atoms with Gasteiger partial charge in [0.25, 0.3) is 0 Å². The van der Waals surface area contributed by atoms with Gasteiger partial charge in [-0.3, -0.25) is 4.79 Å². The van der Waals surface area contributed by atoms with Gasteiger partial charge in [-0.2, -0.15) is 0 Å². The van der Waals surface area contributed by atoms with Gasteiger partial charge in [-0.25, -0.2) is 0 Å². The third-order valence-corrected chi connectivity index (χ3v) is 2.99. The van der Waals surface area contributed by atoms with Crippen LogP contribution in [0.25, 0.3) is 0 Å². The number of methoxy groups -OCH3 is 1. The number of ether oxygens (including phenoxy) is 1. The molecule has 0 radical (unpaired) electrons. The molecule has 0 heterocycles.